The van der Waals surface area contributed by atoms with Gasteiger partial charge in [0.05, 0.1) is 26.4 Å². The number of esters is 2. The molecule has 2 unspecified atom stereocenters. The molecule has 0 radical (unpaired) electrons. The predicted molar refractivity (Wildman–Crippen MR) is 145 cm³/mol. The minimum absolute atomic E-state index is 0.232. The van der Waals surface area contributed by atoms with Gasteiger partial charge in [-0.1, -0.05) is 55.4 Å². The van der Waals surface area contributed by atoms with E-state index < -0.39 is 11.9 Å². The van der Waals surface area contributed by atoms with Crippen LogP contribution in [-0.2, 0) is 9.47 Å². The zero-order chi connectivity index (χ0) is 27.5. The normalized spacial score (nSPS) is 13.6. The number of hydrogen-bond donors (Lipinski definition) is 0. The van der Waals surface area contributed by atoms with Gasteiger partial charge in [0.2, 0.25) is 0 Å². The maximum atomic E-state index is 12.8. The molecule has 1 rings (SSSR count). The summed E-state index contributed by atoms with van der Waals surface area (Å²) < 4.78 is 22.6. The third-order valence-corrected chi connectivity index (χ3v) is 5.73. The fourth-order valence-corrected chi connectivity index (χ4v) is 4.57. The molecule has 2 atom stereocenters. The Kier molecular flexibility index (Phi) is 12.8. The highest BCUT2D eigenvalue weighted by Gasteiger charge is 2.24. The summed E-state index contributed by atoms with van der Waals surface area (Å²) in [4.78, 5) is 25.5. The number of benzene rings is 1. The van der Waals surface area contributed by atoms with Crippen LogP contribution in [0, 0.1) is 22.7 Å². The first-order valence-electron chi connectivity index (χ1n) is 13.4. The average Bonchev–Trinajstić information content (AvgIpc) is 2.71. The number of hydrogen-bond acceptors (Lipinski definition) is 6. The van der Waals surface area contributed by atoms with Gasteiger partial charge in [0.25, 0.3) is 0 Å². The lowest BCUT2D eigenvalue weighted by molar-refractivity contribution is 0.0502. The van der Waals surface area contributed by atoms with Crippen LogP contribution in [0.15, 0.2) is 12.1 Å². The first-order chi connectivity index (χ1) is 16.7. The summed E-state index contributed by atoms with van der Waals surface area (Å²) in [6, 6.07) is 3.12. The summed E-state index contributed by atoms with van der Waals surface area (Å²) in [5.41, 5.74) is 0.976. The van der Waals surface area contributed by atoms with Crippen LogP contribution in [0.3, 0.4) is 0 Å². The van der Waals surface area contributed by atoms with Crippen LogP contribution in [0.5, 0.6) is 11.5 Å². The van der Waals surface area contributed by atoms with Gasteiger partial charge in [0.15, 0.2) is 0 Å². The number of carbonyl (C=O) groups excluding carboxylic acids is 2. The van der Waals surface area contributed by atoms with Crippen molar-refractivity contribution in [1.29, 1.82) is 0 Å². The average molecular weight is 507 g/mol. The Bertz CT molecular complexity index is 761. The summed E-state index contributed by atoms with van der Waals surface area (Å²) in [7, 11) is 0. The summed E-state index contributed by atoms with van der Waals surface area (Å²) >= 11 is 0. The van der Waals surface area contributed by atoms with E-state index in [4.69, 9.17) is 18.9 Å². The molecule has 0 amide bonds. The van der Waals surface area contributed by atoms with Crippen molar-refractivity contribution in [2.45, 2.75) is 94.9 Å². The summed E-state index contributed by atoms with van der Waals surface area (Å²) in [5.74, 6) is 0.533. The summed E-state index contributed by atoms with van der Waals surface area (Å²) in [6.07, 6.45) is 3.79. The van der Waals surface area contributed by atoms with E-state index >= 15 is 0 Å². The summed E-state index contributed by atoms with van der Waals surface area (Å²) in [6.45, 7) is 22.6. The van der Waals surface area contributed by atoms with Crippen LogP contribution in [-0.4, -0.2) is 38.4 Å². The second kappa shape index (κ2) is 14.5. The zero-order valence-electron chi connectivity index (χ0n) is 24.4. The molecule has 1 aromatic carbocycles. The molecule has 0 aliphatic carbocycles. The van der Waals surface area contributed by atoms with E-state index in [0.29, 0.717) is 36.5 Å². The van der Waals surface area contributed by atoms with Gasteiger partial charge in [0, 0.05) is 0 Å². The van der Waals surface area contributed by atoms with Crippen molar-refractivity contribution < 1.29 is 28.5 Å². The third kappa shape index (κ3) is 12.1. The molecule has 0 aromatic heterocycles. The second-order valence-electron chi connectivity index (χ2n) is 12.3. The van der Waals surface area contributed by atoms with Crippen LogP contribution >= 0.6 is 0 Å². The fourth-order valence-electron chi connectivity index (χ4n) is 4.57. The van der Waals surface area contributed by atoms with Crippen molar-refractivity contribution >= 4 is 11.9 Å². The molecule has 0 aliphatic rings. The Morgan fingerprint density at radius 3 is 1.31 bits per heavy atom. The monoisotopic (exact) mass is 506 g/mol. The highest BCUT2D eigenvalue weighted by molar-refractivity contribution is 5.98. The van der Waals surface area contributed by atoms with E-state index in [0.717, 1.165) is 25.7 Å². The molecule has 6 heteroatoms. The minimum Gasteiger partial charge on any atom is -0.493 e. The number of ether oxygens (including phenoxy) is 4. The first-order valence-corrected chi connectivity index (χ1v) is 13.4. The molecular formula is C30H50O6. The Balaban J connectivity index is 3.17. The van der Waals surface area contributed by atoms with Crippen LogP contribution in [0.2, 0.25) is 0 Å². The lowest BCUT2D eigenvalue weighted by Crippen LogP contribution is -2.16. The second-order valence-corrected chi connectivity index (χ2v) is 12.3. The number of carbonyl (C=O) groups is 2. The molecule has 0 saturated carbocycles. The quantitative estimate of drug-likeness (QED) is 0.241. The molecule has 36 heavy (non-hydrogen) atoms. The molecule has 0 aliphatic heterocycles. The van der Waals surface area contributed by atoms with Crippen LogP contribution in [0.25, 0.3) is 0 Å². The molecular weight excluding hydrogens is 456 g/mol. The van der Waals surface area contributed by atoms with Gasteiger partial charge in [-0.25, -0.2) is 9.59 Å². The maximum Gasteiger partial charge on any atom is 0.342 e. The topological polar surface area (TPSA) is 71.1 Å². The molecule has 0 heterocycles. The number of rotatable bonds is 14. The van der Waals surface area contributed by atoms with Crippen molar-refractivity contribution in [2.75, 3.05) is 26.4 Å². The molecule has 0 saturated heterocycles. The van der Waals surface area contributed by atoms with Crippen molar-refractivity contribution in [2.24, 2.45) is 22.7 Å². The van der Waals surface area contributed by atoms with Gasteiger partial charge in [0.1, 0.15) is 22.6 Å². The molecule has 206 valence electrons. The van der Waals surface area contributed by atoms with Crippen molar-refractivity contribution in [3.8, 4) is 11.5 Å². The molecule has 0 spiro atoms. The molecule has 0 bridgehead atoms. The van der Waals surface area contributed by atoms with Crippen LogP contribution < -0.4 is 9.47 Å². The highest BCUT2D eigenvalue weighted by Crippen LogP contribution is 2.33. The van der Waals surface area contributed by atoms with Gasteiger partial charge in [-0.15, -0.1) is 0 Å². The van der Waals surface area contributed by atoms with Gasteiger partial charge >= 0.3 is 11.9 Å². The third-order valence-electron chi connectivity index (χ3n) is 5.73. The summed E-state index contributed by atoms with van der Waals surface area (Å²) in [5, 5.41) is 0. The van der Waals surface area contributed by atoms with Crippen molar-refractivity contribution in [1.82, 2.24) is 0 Å². The van der Waals surface area contributed by atoms with E-state index in [1.54, 1.807) is 26.0 Å². The standard InChI is InChI=1S/C30H50O6/c1-11-33-27(31)23-17-26(36-16-14-22(4)20-30(8,9)10)24(28(32)34-12-2)18-25(23)35-15-13-21(3)19-29(5,6)7/h17-18,21-22H,11-16,19-20H2,1-10H3. The van der Waals surface area contributed by atoms with E-state index in [2.05, 4.69) is 55.4 Å². The predicted octanol–water partition coefficient (Wildman–Crippen LogP) is 7.72. The lowest BCUT2D eigenvalue weighted by Gasteiger charge is -2.24. The molecule has 0 N–H and O–H groups in total. The van der Waals surface area contributed by atoms with E-state index in [9.17, 15) is 9.59 Å². The maximum absolute atomic E-state index is 12.8. The Hall–Kier alpha value is -2.24. The van der Waals surface area contributed by atoms with Crippen LogP contribution in [0.4, 0.5) is 0 Å². The Morgan fingerprint density at radius 1 is 0.694 bits per heavy atom. The van der Waals surface area contributed by atoms with E-state index in [1.165, 1.54) is 0 Å². The van der Waals surface area contributed by atoms with Crippen molar-refractivity contribution in [3.63, 3.8) is 0 Å². The molecule has 1 aromatic rings. The highest BCUT2D eigenvalue weighted by atomic mass is 16.5. The minimum atomic E-state index is -0.503. The Labute approximate surface area is 219 Å². The van der Waals surface area contributed by atoms with E-state index in [-0.39, 0.29) is 35.2 Å². The van der Waals surface area contributed by atoms with Gasteiger partial charge in [-0.05, 0) is 74.3 Å². The largest absolute Gasteiger partial charge is 0.493 e. The van der Waals surface area contributed by atoms with Gasteiger partial charge in [-0.3, -0.25) is 0 Å². The lowest BCUT2D eigenvalue weighted by atomic mass is 9.84. The SMILES string of the molecule is CCOC(=O)c1cc(OCCC(C)CC(C)(C)C)c(C(=O)OCC)cc1OCCC(C)CC(C)(C)C. The smallest absolute Gasteiger partial charge is 0.342 e. The fraction of sp³-hybridized carbons (Fsp3) is 0.733. The van der Waals surface area contributed by atoms with E-state index in [1.807, 2.05) is 0 Å². The Morgan fingerprint density at radius 2 is 1.03 bits per heavy atom. The zero-order valence-corrected chi connectivity index (χ0v) is 24.4. The van der Waals surface area contributed by atoms with Gasteiger partial charge in [-0.2, -0.15) is 0 Å². The van der Waals surface area contributed by atoms with Gasteiger partial charge < -0.3 is 18.9 Å². The van der Waals surface area contributed by atoms with Crippen molar-refractivity contribution in [3.05, 3.63) is 23.3 Å². The first kappa shape index (κ1) is 31.8. The van der Waals surface area contributed by atoms with Crippen LogP contribution in [0.1, 0.15) is 116 Å². The molecule has 6 nitrogen and oxygen atoms in total. The molecule has 0 fully saturated rings.